The zero-order valence-corrected chi connectivity index (χ0v) is 33.0. The first-order valence-electron chi connectivity index (χ1n) is 20.8. The maximum absolute atomic E-state index is 2.45. The van der Waals surface area contributed by atoms with Gasteiger partial charge >= 0.3 is 0 Å². The standard InChI is InChI=1S/C59H39N/c1-3-17-40(18-4-1)45-36-37-46(49-23-8-7-22-48(45)49)42-31-33-43(34-32-42)60(58-30-16-12-21-47(58)41-19-5-2-6-20-41)44-35-38-57-53(39-44)52-26-11-15-29-56(52)59(57)54-27-13-9-24-50(54)51-25-10-14-28-55(51)59/h1-39H. The molecular weight excluding hydrogens is 723 g/mol. The van der Waals surface area contributed by atoms with Gasteiger partial charge in [-0.3, -0.25) is 0 Å². The van der Waals surface area contributed by atoms with Crippen molar-refractivity contribution in [2.75, 3.05) is 4.90 Å². The molecule has 12 rings (SSSR count). The van der Waals surface area contributed by atoms with E-state index in [1.54, 1.807) is 0 Å². The minimum Gasteiger partial charge on any atom is -0.310 e. The van der Waals surface area contributed by atoms with E-state index in [0.29, 0.717) is 0 Å². The summed E-state index contributed by atoms with van der Waals surface area (Å²) < 4.78 is 0. The van der Waals surface area contributed by atoms with Gasteiger partial charge < -0.3 is 4.90 Å². The summed E-state index contributed by atoms with van der Waals surface area (Å²) in [5, 5.41) is 2.51. The molecule has 2 aliphatic rings. The van der Waals surface area contributed by atoms with Gasteiger partial charge in [0, 0.05) is 16.9 Å². The third kappa shape index (κ3) is 5.06. The minimum absolute atomic E-state index is 0.384. The van der Waals surface area contributed by atoms with Gasteiger partial charge in [0.1, 0.15) is 0 Å². The zero-order chi connectivity index (χ0) is 39.6. The minimum atomic E-state index is -0.384. The maximum atomic E-state index is 2.45. The summed E-state index contributed by atoms with van der Waals surface area (Å²) in [6.07, 6.45) is 0. The van der Waals surface area contributed by atoms with Crippen molar-refractivity contribution < 1.29 is 0 Å². The van der Waals surface area contributed by atoms with Crippen molar-refractivity contribution in [1.82, 2.24) is 0 Å². The van der Waals surface area contributed by atoms with E-state index in [-0.39, 0.29) is 5.41 Å². The fraction of sp³-hybridized carbons (Fsp3) is 0.0169. The number of fused-ring (bicyclic) bond motifs is 11. The molecule has 0 amide bonds. The number of para-hydroxylation sites is 1. The Morgan fingerprint density at radius 3 is 1.22 bits per heavy atom. The second-order valence-corrected chi connectivity index (χ2v) is 16.0. The molecule has 60 heavy (non-hydrogen) atoms. The van der Waals surface area contributed by atoms with Crippen molar-refractivity contribution in [2.45, 2.75) is 5.41 Å². The van der Waals surface area contributed by atoms with Gasteiger partial charge in [0.15, 0.2) is 0 Å². The van der Waals surface area contributed by atoms with E-state index < -0.39 is 0 Å². The molecule has 0 aromatic heterocycles. The topological polar surface area (TPSA) is 3.24 Å². The first-order chi connectivity index (χ1) is 29.8. The molecule has 1 nitrogen and oxygen atoms in total. The molecule has 10 aromatic carbocycles. The second kappa shape index (κ2) is 13.7. The molecule has 2 aliphatic carbocycles. The monoisotopic (exact) mass is 761 g/mol. The molecular formula is C59H39N. The molecule has 0 saturated carbocycles. The molecule has 0 unspecified atom stereocenters. The molecule has 0 heterocycles. The Hall–Kier alpha value is -7.74. The fourth-order valence-electron chi connectivity index (χ4n) is 10.4. The van der Waals surface area contributed by atoms with Crippen LogP contribution in [0, 0.1) is 0 Å². The lowest BCUT2D eigenvalue weighted by atomic mass is 9.70. The van der Waals surface area contributed by atoms with Gasteiger partial charge in [-0.15, -0.1) is 0 Å². The zero-order valence-electron chi connectivity index (χ0n) is 33.0. The first-order valence-corrected chi connectivity index (χ1v) is 20.8. The highest BCUT2D eigenvalue weighted by atomic mass is 15.1. The van der Waals surface area contributed by atoms with Gasteiger partial charge in [-0.05, 0) is 113 Å². The second-order valence-electron chi connectivity index (χ2n) is 16.0. The molecule has 1 heteroatoms. The molecule has 0 aliphatic heterocycles. The van der Waals surface area contributed by atoms with E-state index in [9.17, 15) is 0 Å². The number of anilines is 3. The van der Waals surface area contributed by atoms with Crippen molar-refractivity contribution in [1.29, 1.82) is 0 Å². The molecule has 280 valence electrons. The maximum Gasteiger partial charge on any atom is 0.0725 e. The van der Waals surface area contributed by atoms with Crippen molar-refractivity contribution in [3.63, 3.8) is 0 Å². The van der Waals surface area contributed by atoms with Crippen LogP contribution >= 0.6 is 0 Å². The largest absolute Gasteiger partial charge is 0.310 e. The highest BCUT2D eigenvalue weighted by molar-refractivity contribution is 6.05. The van der Waals surface area contributed by atoms with Crippen LogP contribution in [-0.2, 0) is 5.41 Å². The van der Waals surface area contributed by atoms with Crippen LogP contribution in [-0.4, -0.2) is 0 Å². The van der Waals surface area contributed by atoms with Crippen molar-refractivity contribution >= 4 is 27.8 Å². The van der Waals surface area contributed by atoms with Gasteiger partial charge in [0.2, 0.25) is 0 Å². The van der Waals surface area contributed by atoms with E-state index in [2.05, 4.69) is 241 Å². The Kier molecular flexibility index (Phi) is 7.83. The molecule has 1 spiro atoms. The highest BCUT2D eigenvalue weighted by Crippen LogP contribution is 2.63. The SMILES string of the molecule is c1ccc(-c2ccccc2N(c2ccc(-c3ccc(-c4ccccc4)c4ccccc34)cc2)c2ccc3c(c2)-c2ccccc2C32c3ccccc3-c3ccccc32)cc1. The van der Waals surface area contributed by atoms with Crippen LogP contribution < -0.4 is 4.90 Å². The van der Waals surface area contributed by atoms with Gasteiger partial charge in [0.25, 0.3) is 0 Å². The van der Waals surface area contributed by atoms with E-state index >= 15 is 0 Å². The van der Waals surface area contributed by atoms with Crippen LogP contribution in [0.15, 0.2) is 237 Å². The number of hydrogen-bond acceptors (Lipinski definition) is 1. The Labute approximate surface area is 351 Å². The average Bonchev–Trinajstić information content (AvgIpc) is 3.79. The van der Waals surface area contributed by atoms with Gasteiger partial charge in [-0.25, -0.2) is 0 Å². The summed E-state index contributed by atoms with van der Waals surface area (Å²) >= 11 is 0. The number of rotatable bonds is 6. The van der Waals surface area contributed by atoms with Crippen LogP contribution in [0.25, 0.3) is 66.4 Å². The average molecular weight is 762 g/mol. The van der Waals surface area contributed by atoms with E-state index in [1.165, 1.54) is 88.7 Å². The van der Waals surface area contributed by atoms with E-state index in [4.69, 9.17) is 0 Å². The van der Waals surface area contributed by atoms with Gasteiger partial charge in [-0.1, -0.05) is 206 Å². The Balaban J connectivity index is 1.04. The summed E-state index contributed by atoms with van der Waals surface area (Å²) in [6.45, 7) is 0. The van der Waals surface area contributed by atoms with Crippen molar-refractivity contribution in [2.24, 2.45) is 0 Å². The van der Waals surface area contributed by atoms with Gasteiger partial charge in [-0.2, -0.15) is 0 Å². The van der Waals surface area contributed by atoms with Crippen molar-refractivity contribution in [3.8, 4) is 55.6 Å². The molecule has 10 aromatic rings. The predicted molar refractivity (Wildman–Crippen MR) is 251 cm³/mol. The van der Waals surface area contributed by atoms with Crippen LogP contribution in [0.1, 0.15) is 22.3 Å². The molecule has 0 N–H and O–H groups in total. The summed E-state index contributed by atoms with van der Waals surface area (Å²) in [5.41, 5.74) is 20.8. The van der Waals surface area contributed by atoms with Crippen LogP contribution in [0.4, 0.5) is 17.1 Å². The summed E-state index contributed by atoms with van der Waals surface area (Å²) in [5.74, 6) is 0. The van der Waals surface area contributed by atoms with Crippen molar-refractivity contribution in [3.05, 3.63) is 259 Å². The summed E-state index contributed by atoms with van der Waals surface area (Å²) in [6, 6.07) is 87.1. The number of nitrogens with zero attached hydrogens (tertiary/aromatic N) is 1. The number of benzene rings is 10. The third-order valence-corrected chi connectivity index (χ3v) is 12.9. The molecule has 0 saturated heterocycles. The third-order valence-electron chi connectivity index (χ3n) is 12.9. The lowest BCUT2D eigenvalue weighted by Gasteiger charge is -2.31. The predicted octanol–water partition coefficient (Wildman–Crippen LogP) is 15.7. The molecule has 0 atom stereocenters. The molecule has 0 fully saturated rings. The lowest BCUT2D eigenvalue weighted by molar-refractivity contribution is 0.794. The first kappa shape index (κ1) is 34.3. The van der Waals surface area contributed by atoms with E-state index in [1.807, 2.05) is 0 Å². The fourth-order valence-corrected chi connectivity index (χ4v) is 10.4. The molecule has 0 bridgehead atoms. The summed E-state index contributed by atoms with van der Waals surface area (Å²) in [7, 11) is 0. The summed E-state index contributed by atoms with van der Waals surface area (Å²) in [4.78, 5) is 2.45. The quantitative estimate of drug-likeness (QED) is 0.163. The van der Waals surface area contributed by atoms with Crippen LogP contribution in [0.2, 0.25) is 0 Å². The Morgan fingerprint density at radius 1 is 0.250 bits per heavy atom. The Morgan fingerprint density at radius 2 is 0.650 bits per heavy atom. The normalized spacial score (nSPS) is 12.8. The smallest absolute Gasteiger partial charge is 0.0725 e. The van der Waals surface area contributed by atoms with Gasteiger partial charge in [0.05, 0.1) is 11.1 Å². The van der Waals surface area contributed by atoms with E-state index in [0.717, 1.165) is 17.1 Å². The highest BCUT2D eigenvalue weighted by Gasteiger charge is 2.51. The van der Waals surface area contributed by atoms with Crippen LogP contribution in [0.5, 0.6) is 0 Å². The lowest BCUT2D eigenvalue weighted by Crippen LogP contribution is -2.25. The molecule has 0 radical (unpaired) electrons. The van der Waals surface area contributed by atoms with Crippen LogP contribution in [0.3, 0.4) is 0 Å². The number of hydrogen-bond donors (Lipinski definition) is 0. The Bertz CT molecular complexity index is 3210.